The van der Waals surface area contributed by atoms with Gasteiger partial charge in [0.25, 0.3) is 5.91 Å². The first-order valence-electron chi connectivity index (χ1n) is 9.71. The molecule has 7 nitrogen and oxygen atoms in total. The molecular formula is C21H19BrN6OS3. The summed E-state index contributed by atoms with van der Waals surface area (Å²) in [5, 5.41) is 13.1. The second-order valence-corrected chi connectivity index (χ2v) is 10.7. The van der Waals surface area contributed by atoms with Crippen molar-refractivity contribution < 1.29 is 4.79 Å². The van der Waals surface area contributed by atoms with Gasteiger partial charge in [-0.1, -0.05) is 45.8 Å². The van der Waals surface area contributed by atoms with Crippen LogP contribution in [0.15, 0.2) is 77.8 Å². The minimum absolute atomic E-state index is 0.304. The molecule has 0 saturated heterocycles. The highest BCUT2D eigenvalue weighted by Crippen LogP contribution is 2.38. The highest BCUT2D eigenvalue weighted by Gasteiger charge is 2.19. The molecule has 0 bridgehead atoms. The molecule has 164 valence electrons. The summed E-state index contributed by atoms with van der Waals surface area (Å²) in [5.41, 5.74) is 2.96. The normalized spacial score (nSPS) is 14.1. The van der Waals surface area contributed by atoms with Gasteiger partial charge < -0.3 is 0 Å². The van der Waals surface area contributed by atoms with Crippen molar-refractivity contribution in [2.24, 2.45) is 0 Å². The Hall–Kier alpha value is -2.21. The van der Waals surface area contributed by atoms with Gasteiger partial charge in [-0.25, -0.2) is 15.0 Å². The number of nitrogens with one attached hydrogen (secondary N) is 2. The fraction of sp³-hybridized carbons (Fsp3) is 0.190. The Morgan fingerprint density at radius 1 is 1.28 bits per heavy atom. The number of halogens is 1. The highest BCUT2D eigenvalue weighted by molar-refractivity contribution is 9.11. The van der Waals surface area contributed by atoms with E-state index < -0.39 is 0 Å². The van der Waals surface area contributed by atoms with Gasteiger partial charge >= 0.3 is 0 Å². The van der Waals surface area contributed by atoms with Gasteiger partial charge in [-0.3, -0.25) is 15.2 Å². The van der Waals surface area contributed by atoms with Gasteiger partial charge in [0, 0.05) is 25.9 Å². The molecule has 11 heteroatoms. The second kappa shape index (κ2) is 10.6. The number of thioether (sulfide) groups is 1. The number of rotatable bonds is 7. The average molecular weight is 548 g/mol. The Bertz CT molecular complexity index is 1200. The van der Waals surface area contributed by atoms with Gasteiger partial charge in [0.2, 0.25) is 0 Å². The summed E-state index contributed by atoms with van der Waals surface area (Å²) in [6.45, 7) is 4.28. The van der Waals surface area contributed by atoms with Gasteiger partial charge in [0.15, 0.2) is 10.3 Å². The molecule has 3 aromatic heterocycles. The van der Waals surface area contributed by atoms with E-state index in [1.54, 1.807) is 6.20 Å². The zero-order chi connectivity index (χ0) is 22.5. The smallest absolute Gasteiger partial charge is 0.277 e. The summed E-state index contributed by atoms with van der Waals surface area (Å²) in [7, 11) is 0. The van der Waals surface area contributed by atoms with Crippen molar-refractivity contribution in [1.82, 2.24) is 25.1 Å². The molecular weight excluding hydrogens is 528 g/mol. The molecule has 0 spiro atoms. The van der Waals surface area contributed by atoms with Crippen LogP contribution in [0.2, 0.25) is 0 Å². The molecule has 4 rings (SSSR count). The van der Waals surface area contributed by atoms with E-state index in [2.05, 4.69) is 72.4 Å². The van der Waals surface area contributed by atoms with E-state index >= 15 is 0 Å². The summed E-state index contributed by atoms with van der Waals surface area (Å²) >= 11 is 7.88. The Balaban J connectivity index is 1.68. The molecule has 32 heavy (non-hydrogen) atoms. The van der Waals surface area contributed by atoms with Crippen LogP contribution in [-0.4, -0.2) is 31.1 Å². The molecule has 3 aromatic rings. The number of hydrogen-bond acceptors (Lipinski definition) is 8. The van der Waals surface area contributed by atoms with Crippen LogP contribution >= 0.6 is 50.8 Å². The minimum atomic E-state index is -0.304. The molecule has 0 radical (unpaired) electrons. The number of H-pyrrole nitrogens is 1. The zero-order valence-electron chi connectivity index (χ0n) is 17.3. The van der Waals surface area contributed by atoms with E-state index in [4.69, 9.17) is 0 Å². The van der Waals surface area contributed by atoms with Gasteiger partial charge in [-0.15, -0.1) is 11.3 Å². The van der Waals surface area contributed by atoms with E-state index in [-0.39, 0.29) is 5.91 Å². The maximum absolute atomic E-state index is 13.1. The lowest BCUT2D eigenvalue weighted by Gasteiger charge is -2.11. The largest absolute Gasteiger partial charge is 0.296 e. The van der Waals surface area contributed by atoms with Crippen LogP contribution in [0, 0.1) is 0 Å². The molecule has 0 unspecified atom stereocenters. The Morgan fingerprint density at radius 3 is 2.88 bits per heavy atom. The summed E-state index contributed by atoms with van der Waals surface area (Å²) in [6.07, 6.45) is 9.29. The second-order valence-electron chi connectivity index (χ2n) is 6.79. The third kappa shape index (κ3) is 5.77. The number of aromatic nitrogens is 5. The summed E-state index contributed by atoms with van der Waals surface area (Å²) < 4.78 is 1.07. The topological polar surface area (TPSA) is 96.5 Å². The zero-order valence-corrected chi connectivity index (χ0v) is 21.3. The van der Waals surface area contributed by atoms with Crippen LogP contribution in [0.1, 0.15) is 37.2 Å². The number of carbonyl (C=O) groups excluding carboxylic acids is 1. The fourth-order valence-electron chi connectivity index (χ4n) is 2.89. The Kier molecular flexibility index (Phi) is 7.61. The maximum Gasteiger partial charge on any atom is 0.277 e. The monoisotopic (exact) mass is 546 g/mol. The molecule has 1 amide bonds. The first-order chi connectivity index (χ1) is 15.5. The lowest BCUT2D eigenvalue weighted by molar-refractivity contribution is 0.101. The molecule has 0 aliphatic heterocycles. The number of anilines is 1. The van der Waals surface area contributed by atoms with Crippen molar-refractivity contribution in [3.05, 3.63) is 68.4 Å². The molecule has 1 aliphatic carbocycles. The quantitative estimate of drug-likeness (QED) is 0.351. The van der Waals surface area contributed by atoms with Crippen molar-refractivity contribution >= 4 is 61.8 Å². The minimum Gasteiger partial charge on any atom is -0.296 e. The summed E-state index contributed by atoms with van der Waals surface area (Å²) in [6, 6.07) is 3.80. The van der Waals surface area contributed by atoms with E-state index in [9.17, 15) is 4.79 Å². The third-order valence-electron chi connectivity index (χ3n) is 4.49. The standard InChI is InChI=1S/C21H19BrN6OS3/c1-3-13-8-12(2)15(22)10-14(9-13)31-16-4-5-17(32-21-24-11-25-28-21)26-18(16)19(29)27-20-23-6-7-30-20/h4-7,9-11H,3,8H2,1-2H3,(H,23,27,29)(H,24,25,28). The lowest BCUT2D eigenvalue weighted by atomic mass is 10.1. The molecule has 0 aromatic carbocycles. The molecule has 2 N–H and O–H groups in total. The van der Waals surface area contributed by atoms with Gasteiger partial charge in [-0.05, 0) is 55.8 Å². The van der Waals surface area contributed by atoms with Crippen LogP contribution in [0.5, 0.6) is 0 Å². The molecule has 0 atom stereocenters. The number of nitrogens with zero attached hydrogens (tertiary/aromatic N) is 4. The number of hydrogen-bond donors (Lipinski definition) is 2. The summed E-state index contributed by atoms with van der Waals surface area (Å²) in [5.74, 6) is -0.304. The number of pyridine rings is 1. The first-order valence-corrected chi connectivity index (χ1v) is 13.0. The number of thiazole rings is 1. The van der Waals surface area contributed by atoms with Crippen molar-refractivity contribution in [1.29, 1.82) is 0 Å². The van der Waals surface area contributed by atoms with Crippen LogP contribution in [-0.2, 0) is 0 Å². The van der Waals surface area contributed by atoms with Gasteiger partial charge in [0.05, 0.1) is 0 Å². The third-order valence-corrected chi connectivity index (χ3v) is 7.93. The molecule has 0 saturated carbocycles. The van der Waals surface area contributed by atoms with E-state index in [1.807, 2.05) is 17.5 Å². The van der Waals surface area contributed by atoms with Crippen LogP contribution in [0.25, 0.3) is 0 Å². The molecule has 0 fully saturated rings. The predicted molar refractivity (Wildman–Crippen MR) is 133 cm³/mol. The van der Waals surface area contributed by atoms with Gasteiger partial charge in [0.1, 0.15) is 17.0 Å². The number of allylic oxidation sites excluding steroid dienone is 5. The number of carbonyl (C=O) groups is 1. The number of aromatic amines is 1. The Morgan fingerprint density at radius 2 is 2.16 bits per heavy atom. The van der Waals surface area contributed by atoms with Gasteiger partial charge in [-0.2, -0.15) is 5.10 Å². The average Bonchev–Trinajstić information content (AvgIpc) is 3.46. The van der Waals surface area contributed by atoms with Crippen LogP contribution in [0.3, 0.4) is 0 Å². The first kappa shape index (κ1) is 23.0. The number of amides is 1. The predicted octanol–water partition coefficient (Wildman–Crippen LogP) is 6.44. The SMILES string of the molecule is CCC1=CC(Sc2ccc(Sc3ncn[nH]3)nc2C(=O)Nc2nccs2)=CC(Br)=C(C)C1. The summed E-state index contributed by atoms with van der Waals surface area (Å²) in [4.78, 5) is 27.8. The Labute approximate surface area is 206 Å². The van der Waals surface area contributed by atoms with Crippen LogP contribution < -0.4 is 5.32 Å². The lowest BCUT2D eigenvalue weighted by Crippen LogP contribution is -2.15. The highest BCUT2D eigenvalue weighted by atomic mass is 79.9. The molecule has 3 heterocycles. The molecule has 1 aliphatic rings. The fourth-order valence-corrected chi connectivity index (χ4v) is 5.65. The van der Waals surface area contributed by atoms with E-state index in [0.29, 0.717) is 21.0 Å². The maximum atomic E-state index is 13.1. The van der Waals surface area contributed by atoms with Crippen molar-refractivity contribution in [3.8, 4) is 0 Å². The van der Waals surface area contributed by atoms with E-state index in [0.717, 1.165) is 27.1 Å². The van der Waals surface area contributed by atoms with Crippen LogP contribution in [0.4, 0.5) is 5.13 Å². The van der Waals surface area contributed by atoms with Crippen molar-refractivity contribution in [2.45, 2.75) is 41.8 Å². The van der Waals surface area contributed by atoms with Crippen molar-refractivity contribution in [2.75, 3.05) is 5.32 Å². The van der Waals surface area contributed by atoms with E-state index in [1.165, 1.54) is 52.3 Å². The van der Waals surface area contributed by atoms with Crippen molar-refractivity contribution in [3.63, 3.8) is 0 Å².